The molecule has 198 valence electrons. The molecule has 2 unspecified atom stereocenters. The van der Waals surface area contributed by atoms with Crippen LogP contribution in [0.25, 0.3) is 10.8 Å². The number of fused-ring (bicyclic) bond motifs is 1. The number of likely N-dealkylation sites (tertiary alicyclic amines) is 1. The van der Waals surface area contributed by atoms with E-state index in [-0.39, 0.29) is 30.3 Å². The summed E-state index contributed by atoms with van der Waals surface area (Å²) in [4.78, 5) is 38.5. The molecule has 5 rings (SSSR count). The van der Waals surface area contributed by atoms with Gasteiger partial charge in [0.15, 0.2) is 5.78 Å². The van der Waals surface area contributed by atoms with Crippen molar-refractivity contribution in [3.63, 3.8) is 0 Å². The van der Waals surface area contributed by atoms with Crippen LogP contribution in [-0.4, -0.2) is 48.4 Å². The first-order valence-electron chi connectivity index (χ1n) is 13.1. The number of nitrogens with two attached hydrogens (primary N) is 1. The number of nitrogens with zero attached hydrogens (tertiary/aromatic N) is 1. The van der Waals surface area contributed by atoms with E-state index < -0.39 is 6.03 Å². The van der Waals surface area contributed by atoms with Gasteiger partial charge in [-0.1, -0.05) is 78.9 Å². The molecule has 0 saturated carbocycles. The van der Waals surface area contributed by atoms with Crippen molar-refractivity contribution < 1.29 is 19.1 Å². The Balaban J connectivity index is 1.25. The monoisotopic (exact) mass is 521 g/mol. The molecule has 0 aromatic heterocycles. The molecule has 0 radical (unpaired) electrons. The van der Waals surface area contributed by atoms with Crippen LogP contribution in [0.4, 0.5) is 4.79 Å². The van der Waals surface area contributed by atoms with Gasteiger partial charge in [0.1, 0.15) is 0 Å². The summed E-state index contributed by atoms with van der Waals surface area (Å²) in [6, 6.07) is 30.2. The van der Waals surface area contributed by atoms with E-state index in [9.17, 15) is 14.4 Å². The number of hydrogen-bond donors (Lipinski definition) is 2. The molecule has 7 heteroatoms. The molecule has 7 nitrogen and oxygen atoms in total. The minimum absolute atomic E-state index is 0.0397. The fraction of sp³-hybridized carbons (Fsp3) is 0.219. The Morgan fingerprint density at radius 1 is 0.846 bits per heavy atom. The molecule has 1 heterocycles. The summed E-state index contributed by atoms with van der Waals surface area (Å²) in [5.74, 6) is -0.413. The Kier molecular flexibility index (Phi) is 7.99. The third-order valence-electron chi connectivity index (χ3n) is 7.26. The second kappa shape index (κ2) is 11.9. The molecule has 3 N–H and O–H groups in total. The summed E-state index contributed by atoms with van der Waals surface area (Å²) in [5, 5.41) is 5.02. The number of benzene rings is 4. The van der Waals surface area contributed by atoms with Gasteiger partial charge in [-0.3, -0.25) is 9.59 Å². The Morgan fingerprint density at radius 3 is 2.31 bits per heavy atom. The summed E-state index contributed by atoms with van der Waals surface area (Å²) in [7, 11) is 0. The number of carbonyl (C=O) groups excluding carboxylic acids is 3. The van der Waals surface area contributed by atoms with Gasteiger partial charge in [0.2, 0.25) is 0 Å². The van der Waals surface area contributed by atoms with E-state index in [1.165, 1.54) is 5.39 Å². The SMILES string of the molecule is NC(=O)N1CCC(c2ccc(C(=O)NCC(=O)c3ccccc3)cc2)C(OCc2ccc3ccccc3c2)C1. The molecule has 4 aromatic rings. The molecule has 0 spiro atoms. The minimum atomic E-state index is -0.454. The average molecular weight is 522 g/mol. The van der Waals surface area contributed by atoms with Gasteiger partial charge in [-0.15, -0.1) is 0 Å². The maximum Gasteiger partial charge on any atom is 0.314 e. The van der Waals surface area contributed by atoms with E-state index in [1.807, 2.05) is 30.3 Å². The molecule has 1 fully saturated rings. The van der Waals surface area contributed by atoms with Crippen molar-refractivity contribution in [3.8, 4) is 0 Å². The van der Waals surface area contributed by atoms with Crippen LogP contribution < -0.4 is 11.1 Å². The van der Waals surface area contributed by atoms with Crippen molar-refractivity contribution in [1.29, 1.82) is 0 Å². The maximum atomic E-state index is 12.7. The Labute approximate surface area is 227 Å². The molecule has 1 aliphatic heterocycles. The summed E-state index contributed by atoms with van der Waals surface area (Å²) >= 11 is 0. The van der Waals surface area contributed by atoms with Crippen LogP contribution in [0, 0.1) is 0 Å². The van der Waals surface area contributed by atoms with E-state index in [1.54, 1.807) is 41.3 Å². The number of carbonyl (C=O) groups is 3. The molecule has 0 bridgehead atoms. The zero-order valence-electron chi connectivity index (χ0n) is 21.6. The van der Waals surface area contributed by atoms with E-state index in [4.69, 9.17) is 10.5 Å². The van der Waals surface area contributed by atoms with Crippen molar-refractivity contribution in [2.45, 2.75) is 25.0 Å². The summed E-state index contributed by atoms with van der Waals surface area (Å²) in [5.41, 5.74) is 8.70. The molecule has 2 atom stereocenters. The number of Topliss-reactive ketones (excluding diaryl/α,β-unsaturated/α-hetero) is 1. The van der Waals surface area contributed by atoms with Crippen LogP contribution in [0.3, 0.4) is 0 Å². The van der Waals surface area contributed by atoms with Gasteiger partial charge < -0.3 is 20.7 Å². The summed E-state index contributed by atoms with van der Waals surface area (Å²) in [6.45, 7) is 1.28. The van der Waals surface area contributed by atoms with Gasteiger partial charge in [0.25, 0.3) is 5.91 Å². The minimum Gasteiger partial charge on any atom is -0.371 e. The topological polar surface area (TPSA) is 102 Å². The van der Waals surface area contributed by atoms with Crippen molar-refractivity contribution in [2.75, 3.05) is 19.6 Å². The number of primary amides is 1. The standard InChI is InChI=1S/C32H31N3O4/c33-32(38)35-17-16-28(30(20-35)39-21-22-10-11-23-6-4-5-9-27(23)18-22)24-12-14-26(15-13-24)31(37)34-19-29(36)25-7-2-1-3-8-25/h1-15,18,28,30H,16-17,19-21H2,(H2,33,38)(H,34,37). The number of ketones is 1. The number of hydrogen-bond acceptors (Lipinski definition) is 4. The molecule has 1 saturated heterocycles. The number of nitrogens with one attached hydrogen (secondary N) is 1. The molecular weight excluding hydrogens is 490 g/mol. The molecule has 3 amide bonds. The third-order valence-corrected chi connectivity index (χ3v) is 7.26. The highest BCUT2D eigenvalue weighted by molar-refractivity contribution is 6.02. The molecular formula is C32H31N3O4. The number of ether oxygens (including phenoxy) is 1. The summed E-state index contributed by atoms with van der Waals surface area (Å²) in [6.07, 6.45) is 0.448. The van der Waals surface area contributed by atoms with Gasteiger partial charge in [-0.05, 0) is 46.5 Å². The van der Waals surface area contributed by atoms with Crippen molar-refractivity contribution in [1.82, 2.24) is 10.2 Å². The smallest absolute Gasteiger partial charge is 0.314 e. The normalized spacial score (nSPS) is 17.1. The first kappa shape index (κ1) is 26.1. The lowest BCUT2D eigenvalue weighted by molar-refractivity contribution is -0.0138. The van der Waals surface area contributed by atoms with Crippen LogP contribution in [0.2, 0.25) is 0 Å². The third kappa shape index (κ3) is 6.33. The van der Waals surface area contributed by atoms with Gasteiger partial charge in [-0.2, -0.15) is 0 Å². The highest BCUT2D eigenvalue weighted by atomic mass is 16.5. The molecule has 0 aliphatic carbocycles. The predicted octanol–water partition coefficient (Wildman–Crippen LogP) is 4.91. The van der Waals surface area contributed by atoms with E-state index >= 15 is 0 Å². The largest absolute Gasteiger partial charge is 0.371 e. The highest BCUT2D eigenvalue weighted by Gasteiger charge is 2.32. The zero-order valence-corrected chi connectivity index (χ0v) is 21.6. The van der Waals surface area contributed by atoms with Crippen molar-refractivity contribution in [2.24, 2.45) is 5.73 Å². The quantitative estimate of drug-likeness (QED) is 0.322. The lowest BCUT2D eigenvalue weighted by Crippen LogP contribution is -2.48. The van der Waals surface area contributed by atoms with Crippen molar-refractivity contribution in [3.05, 3.63) is 119 Å². The second-order valence-corrected chi connectivity index (χ2v) is 9.80. The first-order valence-corrected chi connectivity index (χ1v) is 13.1. The van der Waals surface area contributed by atoms with Gasteiger partial charge in [0, 0.05) is 30.1 Å². The Hall–Kier alpha value is -4.49. The number of urea groups is 1. The van der Waals surface area contributed by atoms with Crippen LogP contribution in [-0.2, 0) is 11.3 Å². The lowest BCUT2D eigenvalue weighted by atomic mass is 9.86. The molecule has 39 heavy (non-hydrogen) atoms. The number of amides is 3. The van der Waals surface area contributed by atoms with Gasteiger partial charge in [-0.25, -0.2) is 4.79 Å². The van der Waals surface area contributed by atoms with Crippen molar-refractivity contribution >= 4 is 28.5 Å². The molecule has 1 aliphatic rings. The lowest BCUT2D eigenvalue weighted by Gasteiger charge is -2.38. The van der Waals surface area contributed by atoms with Crippen LogP contribution in [0.1, 0.15) is 44.2 Å². The highest BCUT2D eigenvalue weighted by Crippen LogP contribution is 2.31. The average Bonchev–Trinajstić information content (AvgIpc) is 2.99. The number of rotatable bonds is 8. The maximum absolute atomic E-state index is 12.7. The van der Waals surface area contributed by atoms with E-state index in [0.29, 0.717) is 37.2 Å². The molecule has 4 aromatic carbocycles. The van der Waals surface area contributed by atoms with Gasteiger partial charge in [0.05, 0.1) is 19.3 Å². The fourth-order valence-electron chi connectivity index (χ4n) is 5.07. The predicted molar refractivity (Wildman–Crippen MR) is 151 cm³/mol. The Bertz CT molecular complexity index is 1470. The van der Waals surface area contributed by atoms with E-state index in [0.717, 1.165) is 16.5 Å². The fourth-order valence-corrected chi connectivity index (χ4v) is 5.07. The summed E-state index contributed by atoms with van der Waals surface area (Å²) < 4.78 is 6.38. The Morgan fingerprint density at radius 2 is 1.56 bits per heavy atom. The van der Waals surface area contributed by atoms with Crippen LogP contribution >= 0.6 is 0 Å². The van der Waals surface area contributed by atoms with Crippen LogP contribution in [0.15, 0.2) is 97.1 Å². The second-order valence-electron chi connectivity index (χ2n) is 9.80. The number of piperidine rings is 1. The first-order chi connectivity index (χ1) is 19.0. The van der Waals surface area contributed by atoms with Crippen LogP contribution in [0.5, 0.6) is 0 Å². The van der Waals surface area contributed by atoms with E-state index in [2.05, 4.69) is 35.6 Å². The zero-order chi connectivity index (χ0) is 27.2. The van der Waals surface area contributed by atoms with Gasteiger partial charge >= 0.3 is 6.03 Å².